The zero-order valence-corrected chi connectivity index (χ0v) is 7.38. The molecule has 0 aromatic rings. The normalized spacial score (nSPS) is 18.5. The minimum absolute atomic E-state index is 0.676. The minimum atomic E-state index is 0.676. The smallest absolute Gasteiger partial charge is 0.191 e. The van der Waals surface area contributed by atoms with E-state index in [1.54, 1.807) is 0 Å². The predicted molar refractivity (Wildman–Crippen MR) is 47.6 cm³/mol. The van der Waals surface area contributed by atoms with Crippen LogP contribution in [0.1, 0.15) is 26.2 Å². The molecule has 1 rings (SSSR count). The minimum Gasteiger partial charge on any atom is -0.370 e. The van der Waals surface area contributed by atoms with Gasteiger partial charge in [-0.05, 0) is 19.3 Å². The molecule has 2 N–H and O–H groups in total. The van der Waals surface area contributed by atoms with E-state index in [2.05, 4.69) is 16.8 Å². The lowest BCUT2D eigenvalue weighted by molar-refractivity contribution is 0.487. The first-order valence-electron chi connectivity index (χ1n) is 4.28. The number of rotatable bonds is 3. The molecule has 0 unspecified atom stereocenters. The van der Waals surface area contributed by atoms with Gasteiger partial charge in [0.15, 0.2) is 5.96 Å². The molecule has 0 atom stereocenters. The van der Waals surface area contributed by atoms with E-state index < -0.39 is 0 Å². The van der Waals surface area contributed by atoms with E-state index >= 15 is 0 Å². The summed E-state index contributed by atoms with van der Waals surface area (Å²) in [6.07, 6.45) is 3.62. The number of hydrogen-bond acceptors (Lipinski definition) is 1. The Morgan fingerprint density at radius 2 is 2.27 bits per heavy atom. The molecule has 11 heavy (non-hydrogen) atoms. The fourth-order valence-corrected chi connectivity index (χ4v) is 0.987. The van der Waals surface area contributed by atoms with Gasteiger partial charge in [-0.15, -0.1) is 0 Å². The van der Waals surface area contributed by atoms with Crippen molar-refractivity contribution in [1.29, 1.82) is 0 Å². The molecule has 0 heterocycles. The van der Waals surface area contributed by atoms with Crippen molar-refractivity contribution in [1.82, 2.24) is 4.90 Å². The lowest BCUT2D eigenvalue weighted by atomic mass is 10.5. The quantitative estimate of drug-likeness (QED) is 0.484. The fourth-order valence-electron chi connectivity index (χ4n) is 0.987. The van der Waals surface area contributed by atoms with E-state index in [-0.39, 0.29) is 0 Å². The van der Waals surface area contributed by atoms with Gasteiger partial charge in [-0.25, -0.2) is 0 Å². The SMILES string of the molecule is CCCN=C(N)N(C)C1CC1. The standard InChI is InChI=1S/C8H17N3/c1-3-6-10-8(9)11(2)7-4-5-7/h7H,3-6H2,1-2H3,(H2,9,10). The Kier molecular flexibility index (Phi) is 2.74. The summed E-state index contributed by atoms with van der Waals surface area (Å²) in [7, 11) is 2.02. The molecular weight excluding hydrogens is 138 g/mol. The van der Waals surface area contributed by atoms with E-state index in [0.29, 0.717) is 12.0 Å². The first-order valence-corrected chi connectivity index (χ1v) is 4.28. The lowest BCUT2D eigenvalue weighted by Gasteiger charge is -2.16. The molecule has 3 nitrogen and oxygen atoms in total. The molecule has 0 aromatic heterocycles. The van der Waals surface area contributed by atoms with E-state index in [4.69, 9.17) is 5.73 Å². The molecule has 1 saturated carbocycles. The van der Waals surface area contributed by atoms with Gasteiger partial charge in [-0.2, -0.15) is 0 Å². The molecule has 3 heteroatoms. The van der Waals surface area contributed by atoms with E-state index in [9.17, 15) is 0 Å². The van der Waals surface area contributed by atoms with Crippen molar-refractivity contribution in [2.24, 2.45) is 10.7 Å². The summed E-state index contributed by atoms with van der Waals surface area (Å²) >= 11 is 0. The number of aliphatic imine (C=N–C) groups is 1. The average Bonchev–Trinajstić information content (AvgIpc) is 2.81. The zero-order chi connectivity index (χ0) is 8.27. The monoisotopic (exact) mass is 155 g/mol. The van der Waals surface area contributed by atoms with Crippen LogP contribution in [-0.2, 0) is 0 Å². The van der Waals surface area contributed by atoms with Gasteiger partial charge in [-0.1, -0.05) is 6.92 Å². The Hall–Kier alpha value is -0.730. The van der Waals surface area contributed by atoms with E-state index in [1.807, 2.05) is 7.05 Å². The van der Waals surface area contributed by atoms with Crippen LogP contribution in [0.2, 0.25) is 0 Å². The third kappa shape index (κ3) is 2.41. The Morgan fingerprint density at radius 3 is 2.73 bits per heavy atom. The maximum atomic E-state index is 5.72. The van der Waals surface area contributed by atoms with Crippen molar-refractivity contribution in [3.63, 3.8) is 0 Å². The van der Waals surface area contributed by atoms with Gasteiger partial charge in [0.05, 0.1) is 0 Å². The Bertz CT molecular complexity index is 149. The summed E-state index contributed by atoms with van der Waals surface area (Å²) in [6, 6.07) is 0.676. The molecule has 0 saturated heterocycles. The highest BCUT2D eigenvalue weighted by Crippen LogP contribution is 2.24. The first-order chi connectivity index (χ1) is 5.25. The van der Waals surface area contributed by atoms with Crippen LogP contribution in [0, 0.1) is 0 Å². The third-order valence-electron chi connectivity index (χ3n) is 1.95. The molecule has 1 fully saturated rings. The maximum Gasteiger partial charge on any atom is 0.191 e. The van der Waals surface area contributed by atoms with Gasteiger partial charge in [0.25, 0.3) is 0 Å². The summed E-state index contributed by atoms with van der Waals surface area (Å²) in [4.78, 5) is 6.30. The molecular formula is C8H17N3. The van der Waals surface area contributed by atoms with E-state index in [0.717, 1.165) is 13.0 Å². The molecule has 0 aromatic carbocycles. The summed E-state index contributed by atoms with van der Waals surface area (Å²) in [5.41, 5.74) is 5.72. The molecule has 0 bridgehead atoms. The number of guanidine groups is 1. The van der Waals surface area contributed by atoms with Crippen molar-refractivity contribution in [3.05, 3.63) is 0 Å². The largest absolute Gasteiger partial charge is 0.370 e. The Morgan fingerprint density at radius 1 is 1.64 bits per heavy atom. The van der Waals surface area contributed by atoms with Gasteiger partial charge in [-0.3, -0.25) is 4.99 Å². The molecule has 1 aliphatic carbocycles. The van der Waals surface area contributed by atoms with Crippen molar-refractivity contribution < 1.29 is 0 Å². The van der Waals surface area contributed by atoms with Crippen LogP contribution in [0.5, 0.6) is 0 Å². The number of hydrogen-bond donors (Lipinski definition) is 1. The second kappa shape index (κ2) is 3.60. The molecule has 1 aliphatic rings. The summed E-state index contributed by atoms with van der Waals surface area (Å²) in [6.45, 7) is 2.96. The van der Waals surface area contributed by atoms with E-state index in [1.165, 1.54) is 12.8 Å². The molecule has 0 amide bonds. The Labute approximate surface area is 68.3 Å². The van der Waals surface area contributed by atoms with Gasteiger partial charge in [0.2, 0.25) is 0 Å². The molecule has 0 aliphatic heterocycles. The highest BCUT2D eigenvalue weighted by Gasteiger charge is 2.27. The number of nitrogens with zero attached hydrogens (tertiary/aromatic N) is 2. The van der Waals surface area contributed by atoms with Crippen LogP contribution < -0.4 is 5.73 Å². The average molecular weight is 155 g/mol. The van der Waals surface area contributed by atoms with Crippen LogP contribution in [-0.4, -0.2) is 30.5 Å². The summed E-state index contributed by atoms with van der Waals surface area (Å²) in [5, 5.41) is 0. The number of nitrogens with two attached hydrogens (primary N) is 1. The van der Waals surface area contributed by atoms with Gasteiger partial charge in [0, 0.05) is 19.6 Å². The van der Waals surface area contributed by atoms with Crippen LogP contribution in [0.15, 0.2) is 4.99 Å². The van der Waals surface area contributed by atoms with Crippen molar-refractivity contribution in [3.8, 4) is 0 Å². The van der Waals surface area contributed by atoms with Crippen molar-refractivity contribution in [2.75, 3.05) is 13.6 Å². The van der Waals surface area contributed by atoms with Crippen LogP contribution in [0.4, 0.5) is 0 Å². The molecule has 0 radical (unpaired) electrons. The molecule has 64 valence electrons. The summed E-state index contributed by atoms with van der Waals surface area (Å²) < 4.78 is 0. The van der Waals surface area contributed by atoms with Crippen molar-refractivity contribution in [2.45, 2.75) is 32.2 Å². The Balaban J connectivity index is 2.31. The van der Waals surface area contributed by atoms with Crippen molar-refractivity contribution >= 4 is 5.96 Å². The third-order valence-corrected chi connectivity index (χ3v) is 1.95. The van der Waals surface area contributed by atoms with Gasteiger partial charge in [0.1, 0.15) is 0 Å². The molecule has 0 spiro atoms. The highest BCUT2D eigenvalue weighted by molar-refractivity contribution is 5.78. The van der Waals surface area contributed by atoms with Gasteiger partial charge >= 0.3 is 0 Å². The van der Waals surface area contributed by atoms with Gasteiger partial charge < -0.3 is 10.6 Å². The second-order valence-corrected chi connectivity index (χ2v) is 3.08. The van der Waals surface area contributed by atoms with Crippen LogP contribution in [0.3, 0.4) is 0 Å². The maximum absolute atomic E-state index is 5.72. The predicted octanol–water partition coefficient (Wildman–Crippen LogP) is 0.805. The summed E-state index contributed by atoms with van der Waals surface area (Å²) in [5.74, 6) is 0.703. The lowest BCUT2D eigenvalue weighted by Crippen LogP contribution is -2.35. The first kappa shape index (κ1) is 8.37. The fraction of sp³-hybridized carbons (Fsp3) is 0.875. The second-order valence-electron chi connectivity index (χ2n) is 3.08. The zero-order valence-electron chi connectivity index (χ0n) is 7.38. The van der Waals surface area contributed by atoms with Crippen LogP contribution in [0.25, 0.3) is 0 Å². The van der Waals surface area contributed by atoms with Crippen LogP contribution >= 0.6 is 0 Å². The highest BCUT2D eigenvalue weighted by atomic mass is 15.3. The topological polar surface area (TPSA) is 41.6 Å².